The van der Waals surface area contributed by atoms with Crippen molar-refractivity contribution in [3.8, 4) is 5.75 Å². The third kappa shape index (κ3) is 1.98. The molecule has 0 aliphatic heterocycles. The van der Waals surface area contributed by atoms with E-state index in [1.165, 1.54) is 19.2 Å². The van der Waals surface area contributed by atoms with Gasteiger partial charge in [0.1, 0.15) is 5.75 Å². The molecule has 1 aromatic carbocycles. The van der Waals surface area contributed by atoms with Crippen molar-refractivity contribution < 1.29 is 13.2 Å². The number of nitrogens with two attached hydrogens (primary N) is 1. The first kappa shape index (κ1) is 10.8. The summed E-state index contributed by atoms with van der Waals surface area (Å²) >= 11 is 0. The van der Waals surface area contributed by atoms with Crippen LogP contribution < -0.4 is 10.5 Å². The number of nitrogen functional groups attached to an aromatic ring is 1. The van der Waals surface area contributed by atoms with Crippen LogP contribution in [0.1, 0.15) is 6.92 Å². The van der Waals surface area contributed by atoms with Gasteiger partial charge in [0, 0.05) is 6.07 Å². The number of hydrogen-bond acceptors (Lipinski definition) is 4. The van der Waals surface area contributed by atoms with Crippen molar-refractivity contribution in [2.45, 2.75) is 11.8 Å². The highest BCUT2D eigenvalue weighted by Gasteiger charge is 2.15. The maximum absolute atomic E-state index is 11.5. The number of methoxy groups -OCH3 is 1. The van der Waals surface area contributed by atoms with Crippen LogP contribution in [0.2, 0.25) is 0 Å². The summed E-state index contributed by atoms with van der Waals surface area (Å²) in [5.41, 5.74) is 5.83. The molecule has 1 aromatic rings. The molecule has 0 amide bonds. The van der Waals surface area contributed by atoms with E-state index in [-0.39, 0.29) is 16.3 Å². The highest BCUT2D eigenvalue weighted by atomic mass is 32.2. The molecule has 78 valence electrons. The molecule has 0 bridgehead atoms. The van der Waals surface area contributed by atoms with E-state index in [1.54, 1.807) is 13.0 Å². The van der Waals surface area contributed by atoms with Gasteiger partial charge in [-0.1, -0.05) is 6.92 Å². The van der Waals surface area contributed by atoms with Gasteiger partial charge in [0.15, 0.2) is 9.84 Å². The standard InChI is InChI=1S/C9H13NO3S/c1-3-14(11,12)9-5-4-7(13-2)6-8(9)10/h4-6H,3,10H2,1-2H3. The monoisotopic (exact) mass is 215 g/mol. The molecule has 1 rings (SSSR count). The lowest BCUT2D eigenvalue weighted by molar-refractivity contribution is 0.414. The zero-order valence-electron chi connectivity index (χ0n) is 8.15. The topological polar surface area (TPSA) is 69.4 Å². The van der Waals surface area contributed by atoms with E-state index in [2.05, 4.69) is 0 Å². The molecule has 2 N–H and O–H groups in total. The van der Waals surface area contributed by atoms with E-state index in [1.807, 2.05) is 0 Å². The summed E-state index contributed by atoms with van der Waals surface area (Å²) in [7, 11) is -1.73. The molecule has 0 spiro atoms. The summed E-state index contributed by atoms with van der Waals surface area (Å²) < 4.78 is 27.9. The van der Waals surface area contributed by atoms with Crippen molar-refractivity contribution in [2.24, 2.45) is 0 Å². The van der Waals surface area contributed by atoms with Gasteiger partial charge in [0.05, 0.1) is 23.4 Å². The second-order valence-electron chi connectivity index (χ2n) is 2.81. The zero-order valence-corrected chi connectivity index (χ0v) is 8.97. The average molecular weight is 215 g/mol. The predicted octanol–water partition coefficient (Wildman–Crippen LogP) is 1.07. The lowest BCUT2D eigenvalue weighted by Crippen LogP contribution is -2.07. The van der Waals surface area contributed by atoms with Crippen LogP contribution in [0.4, 0.5) is 5.69 Å². The van der Waals surface area contributed by atoms with Crippen LogP contribution >= 0.6 is 0 Å². The van der Waals surface area contributed by atoms with Crippen molar-refractivity contribution in [3.05, 3.63) is 18.2 Å². The fourth-order valence-electron chi connectivity index (χ4n) is 1.09. The van der Waals surface area contributed by atoms with Gasteiger partial charge in [-0.15, -0.1) is 0 Å². The molecule has 0 saturated heterocycles. The first-order valence-electron chi connectivity index (χ1n) is 4.17. The molecule has 4 nitrogen and oxygen atoms in total. The fraction of sp³-hybridized carbons (Fsp3) is 0.333. The number of hydrogen-bond donors (Lipinski definition) is 1. The molecular weight excluding hydrogens is 202 g/mol. The Labute approximate surface area is 83.6 Å². The molecule has 0 aromatic heterocycles. The molecule has 14 heavy (non-hydrogen) atoms. The minimum absolute atomic E-state index is 0.0452. The quantitative estimate of drug-likeness (QED) is 0.766. The van der Waals surface area contributed by atoms with E-state index >= 15 is 0 Å². The van der Waals surface area contributed by atoms with Gasteiger partial charge < -0.3 is 10.5 Å². The normalized spacial score (nSPS) is 11.3. The van der Waals surface area contributed by atoms with Gasteiger partial charge in [0.25, 0.3) is 0 Å². The van der Waals surface area contributed by atoms with Crippen LogP contribution in [0.3, 0.4) is 0 Å². The van der Waals surface area contributed by atoms with Crippen molar-refractivity contribution in [2.75, 3.05) is 18.6 Å². The minimum atomic E-state index is -3.23. The molecular formula is C9H13NO3S. The number of benzene rings is 1. The Hall–Kier alpha value is -1.23. The second kappa shape index (κ2) is 3.88. The average Bonchev–Trinajstić information content (AvgIpc) is 2.17. The van der Waals surface area contributed by atoms with Crippen molar-refractivity contribution in [3.63, 3.8) is 0 Å². The van der Waals surface area contributed by atoms with Crippen LogP contribution in [0.5, 0.6) is 5.75 Å². The Morgan fingerprint density at radius 3 is 2.50 bits per heavy atom. The smallest absolute Gasteiger partial charge is 0.180 e. The van der Waals surface area contributed by atoms with Gasteiger partial charge in [0.2, 0.25) is 0 Å². The van der Waals surface area contributed by atoms with Gasteiger partial charge >= 0.3 is 0 Å². The number of rotatable bonds is 3. The van der Waals surface area contributed by atoms with Gasteiger partial charge in [-0.2, -0.15) is 0 Å². The van der Waals surface area contributed by atoms with Crippen molar-refractivity contribution in [1.29, 1.82) is 0 Å². The van der Waals surface area contributed by atoms with Gasteiger partial charge in [-0.3, -0.25) is 0 Å². The molecule has 0 radical (unpaired) electrons. The largest absolute Gasteiger partial charge is 0.497 e. The highest BCUT2D eigenvalue weighted by molar-refractivity contribution is 7.91. The highest BCUT2D eigenvalue weighted by Crippen LogP contribution is 2.24. The minimum Gasteiger partial charge on any atom is -0.497 e. The van der Waals surface area contributed by atoms with E-state index < -0.39 is 9.84 Å². The molecule has 0 atom stereocenters. The van der Waals surface area contributed by atoms with Crippen molar-refractivity contribution >= 4 is 15.5 Å². The Kier molecular flexibility index (Phi) is 3.00. The molecule has 0 saturated carbocycles. The van der Waals surface area contributed by atoms with Crippen molar-refractivity contribution in [1.82, 2.24) is 0 Å². The molecule has 0 heterocycles. The summed E-state index contributed by atoms with van der Waals surface area (Å²) in [5, 5.41) is 0. The Morgan fingerprint density at radius 1 is 1.43 bits per heavy atom. The van der Waals surface area contributed by atoms with Crippen LogP contribution in [0.15, 0.2) is 23.1 Å². The lowest BCUT2D eigenvalue weighted by atomic mass is 10.3. The van der Waals surface area contributed by atoms with E-state index in [0.29, 0.717) is 5.75 Å². The summed E-state index contributed by atoms with van der Waals surface area (Å²) in [6.45, 7) is 1.58. The molecule has 0 unspecified atom stereocenters. The molecule has 0 fully saturated rings. The fourth-order valence-corrected chi connectivity index (χ4v) is 2.10. The number of ether oxygens (including phenoxy) is 1. The van der Waals surface area contributed by atoms with Crippen LogP contribution in [-0.2, 0) is 9.84 Å². The van der Waals surface area contributed by atoms with Gasteiger partial charge in [-0.05, 0) is 12.1 Å². The van der Waals surface area contributed by atoms with Gasteiger partial charge in [-0.25, -0.2) is 8.42 Å². The Bertz CT molecular complexity index is 426. The maximum Gasteiger partial charge on any atom is 0.180 e. The summed E-state index contributed by atoms with van der Waals surface area (Å²) in [5.74, 6) is 0.598. The predicted molar refractivity (Wildman–Crippen MR) is 55.1 cm³/mol. The Morgan fingerprint density at radius 2 is 2.07 bits per heavy atom. The van der Waals surface area contributed by atoms with Crippen LogP contribution in [0, 0.1) is 0 Å². The first-order chi connectivity index (χ1) is 6.51. The summed E-state index contributed by atoms with van der Waals surface area (Å²) in [6.07, 6.45) is 0. The number of anilines is 1. The molecule has 0 aliphatic rings. The number of sulfone groups is 1. The molecule has 0 aliphatic carbocycles. The van der Waals surface area contributed by atoms with E-state index in [9.17, 15) is 8.42 Å². The maximum atomic E-state index is 11.5. The third-order valence-electron chi connectivity index (χ3n) is 1.93. The summed E-state index contributed by atoms with van der Waals surface area (Å²) in [6, 6.07) is 4.55. The van der Waals surface area contributed by atoms with Crippen LogP contribution in [-0.4, -0.2) is 21.3 Å². The lowest BCUT2D eigenvalue weighted by Gasteiger charge is -2.07. The SMILES string of the molecule is CCS(=O)(=O)c1ccc(OC)cc1N. The summed E-state index contributed by atoms with van der Waals surface area (Å²) in [4.78, 5) is 0.167. The van der Waals surface area contributed by atoms with E-state index in [4.69, 9.17) is 10.5 Å². The Balaban J connectivity index is 3.26. The second-order valence-corrected chi connectivity index (χ2v) is 5.05. The van der Waals surface area contributed by atoms with Crippen LogP contribution in [0.25, 0.3) is 0 Å². The zero-order chi connectivity index (χ0) is 10.8. The third-order valence-corrected chi connectivity index (χ3v) is 3.73. The first-order valence-corrected chi connectivity index (χ1v) is 5.82. The van der Waals surface area contributed by atoms with E-state index in [0.717, 1.165) is 0 Å². The molecule has 5 heteroatoms.